The molecule has 2 nitrogen and oxygen atoms in total. The van der Waals surface area contributed by atoms with E-state index >= 15 is 0 Å². The highest BCUT2D eigenvalue weighted by Crippen LogP contribution is 2.33. The van der Waals surface area contributed by atoms with Crippen molar-refractivity contribution in [2.24, 2.45) is 0 Å². The van der Waals surface area contributed by atoms with Crippen molar-refractivity contribution in [1.82, 2.24) is 0 Å². The van der Waals surface area contributed by atoms with Crippen LogP contribution >= 0.6 is 0 Å². The molecular weight excluding hydrogens is 236 g/mol. The van der Waals surface area contributed by atoms with Crippen LogP contribution in [-0.2, 0) is 12.0 Å². The molecular formula is C17H28O2. The lowest BCUT2D eigenvalue weighted by molar-refractivity contribution is 0.000670. The average Bonchev–Trinajstić information content (AvgIpc) is 2.43. The van der Waals surface area contributed by atoms with Gasteiger partial charge in [0.2, 0.25) is 0 Å². The van der Waals surface area contributed by atoms with Gasteiger partial charge in [-0.3, -0.25) is 0 Å². The fraction of sp³-hybridized carbons (Fsp3) is 0.647. The number of unbranched alkanes of at least 4 members (excludes halogenated alkanes) is 2. The Kier molecular flexibility index (Phi) is 7.11. The molecule has 0 aliphatic heterocycles. The van der Waals surface area contributed by atoms with Crippen molar-refractivity contribution in [3.05, 3.63) is 35.4 Å². The lowest BCUT2D eigenvalue weighted by atomic mass is 9.82. The first-order chi connectivity index (χ1) is 9.18. The van der Waals surface area contributed by atoms with Crippen molar-refractivity contribution in [1.29, 1.82) is 0 Å². The van der Waals surface area contributed by atoms with Gasteiger partial charge in [0.15, 0.2) is 0 Å². The molecule has 0 aromatic heterocycles. The summed E-state index contributed by atoms with van der Waals surface area (Å²) in [5.74, 6) is 0. The van der Waals surface area contributed by atoms with Crippen molar-refractivity contribution in [3.63, 3.8) is 0 Å². The van der Waals surface area contributed by atoms with Crippen LogP contribution in [0.1, 0.15) is 63.5 Å². The van der Waals surface area contributed by atoms with Gasteiger partial charge in [-0.15, -0.1) is 0 Å². The number of hydrogen-bond donors (Lipinski definition) is 2. The molecule has 1 aromatic rings. The van der Waals surface area contributed by atoms with Crippen LogP contribution in [0.25, 0.3) is 0 Å². The summed E-state index contributed by atoms with van der Waals surface area (Å²) in [5, 5.41) is 20.2. The molecule has 2 N–H and O–H groups in total. The van der Waals surface area contributed by atoms with Gasteiger partial charge in [0.25, 0.3) is 0 Å². The molecule has 19 heavy (non-hydrogen) atoms. The van der Waals surface area contributed by atoms with Crippen molar-refractivity contribution >= 4 is 0 Å². The summed E-state index contributed by atoms with van der Waals surface area (Å²) in [5.41, 5.74) is 1.39. The zero-order valence-corrected chi connectivity index (χ0v) is 12.4. The molecule has 0 radical (unpaired) electrons. The predicted molar refractivity (Wildman–Crippen MR) is 80.2 cm³/mol. The maximum absolute atomic E-state index is 10.9. The van der Waals surface area contributed by atoms with Crippen LogP contribution < -0.4 is 0 Å². The van der Waals surface area contributed by atoms with E-state index in [1.807, 2.05) is 18.2 Å². The highest BCUT2D eigenvalue weighted by Gasteiger charge is 2.29. The van der Waals surface area contributed by atoms with E-state index in [-0.39, 0.29) is 6.61 Å². The lowest BCUT2D eigenvalue weighted by Gasteiger charge is -2.30. The Morgan fingerprint density at radius 3 is 2.32 bits per heavy atom. The molecule has 1 atom stereocenters. The summed E-state index contributed by atoms with van der Waals surface area (Å²) >= 11 is 0. The minimum atomic E-state index is -0.866. The largest absolute Gasteiger partial charge is 0.396 e. The van der Waals surface area contributed by atoms with Gasteiger partial charge in [-0.05, 0) is 30.4 Å². The van der Waals surface area contributed by atoms with Crippen molar-refractivity contribution in [3.8, 4) is 0 Å². The molecule has 0 fully saturated rings. The van der Waals surface area contributed by atoms with Crippen LogP contribution in [0.5, 0.6) is 0 Å². The first-order valence-electron chi connectivity index (χ1n) is 7.59. The Morgan fingerprint density at radius 1 is 1.00 bits per heavy atom. The number of rotatable bonds is 9. The summed E-state index contributed by atoms with van der Waals surface area (Å²) < 4.78 is 0. The maximum atomic E-state index is 10.9. The quantitative estimate of drug-likeness (QED) is 0.712. The van der Waals surface area contributed by atoms with E-state index in [0.717, 1.165) is 44.1 Å². The molecule has 1 rings (SSSR count). The second-order valence-corrected chi connectivity index (χ2v) is 5.37. The first kappa shape index (κ1) is 16.2. The topological polar surface area (TPSA) is 40.5 Å². The fourth-order valence-corrected chi connectivity index (χ4v) is 2.61. The van der Waals surface area contributed by atoms with E-state index < -0.39 is 5.60 Å². The van der Waals surface area contributed by atoms with Crippen LogP contribution in [0.3, 0.4) is 0 Å². The molecule has 0 amide bonds. The molecule has 0 saturated heterocycles. The van der Waals surface area contributed by atoms with Crippen LogP contribution in [-0.4, -0.2) is 16.8 Å². The number of aliphatic hydroxyl groups excluding tert-OH is 1. The Labute approximate surface area is 117 Å². The van der Waals surface area contributed by atoms with E-state index in [4.69, 9.17) is 0 Å². The summed E-state index contributed by atoms with van der Waals surface area (Å²) in [4.78, 5) is 0. The molecule has 0 aliphatic carbocycles. The second-order valence-electron chi connectivity index (χ2n) is 5.37. The van der Waals surface area contributed by atoms with Crippen LogP contribution in [0.4, 0.5) is 0 Å². The minimum absolute atomic E-state index is 0.0301. The van der Waals surface area contributed by atoms with Gasteiger partial charge >= 0.3 is 0 Å². The first-order valence-corrected chi connectivity index (χ1v) is 7.59. The van der Waals surface area contributed by atoms with Gasteiger partial charge in [-0.1, -0.05) is 57.4 Å². The molecule has 0 bridgehead atoms. The van der Waals surface area contributed by atoms with E-state index in [1.165, 1.54) is 5.56 Å². The Morgan fingerprint density at radius 2 is 1.68 bits per heavy atom. The zero-order valence-electron chi connectivity index (χ0n) is 12.4. The van der Waals surface area contributed by atoms with Gasteiger partial charge < -0.3 is 10.2 Å². The van der Waals surface area contributed by atoms with Crippen molar-refractivity contribution in [2.45, 2.75) is 64.4 Å². The zero-order chi connectivity index (χ0) is 14.1. The van der Waals surface area contributed by atoms with E-state index in [9.17, 15) is 10.2 Å². The highest BCUT2D eigenvalue weighted by molar-refractivity contribution is 5.32. The van der Waals surface area contributed by atoms with E-state index in [1.54, 1.807) is 0 Å². The Bertz CT molecular complexity index is 362. The van der Waals surface area contributed by atoms with Gasteiger partial charge in [0.1, 0.15) is 0 Å². The summed E-state index contributed by atoms with van der Waals surface area (Å²) in [6.45, 7) is 4.34. The van der Waals surface area contributed by atoms with Crippen molar-refractivity contribution < 1.29 is 10.2 Å². The SMILES string of the molecule is CCCCc1ccccc1C(O)(CCO)CCCC. The Balaban J connectivity index is 2.99. The van der Waals surface area contributed by atoms with E-state index in [0.29, 0.717) is 6.42 Å². The third-order valence-corrected chi connectivity index (χ3v) is 3.79. The monoisotopic (exact) mass is 264 g/mol. The Hall–Kier alpha value is -0.860. The maximum Gasteiger partial charge on any atom is 0.0921 e. The van der Waals surface area contributed by atoms with Crippen LogP contribution in [0, 0.1) is 0 Å². The number of benzene rings is 1. The molecule has 2 heteroatoms. The standard InChI is InChI=1S/C17H28O2/c1-3-5-9-15-10-7-8-11-16(15)17(19,13-14-18)12-6-4-2/h7-8,10-11,18-19H,3-6,9,12-14H2,1-2H3. The lowest BCUT2D eigenvalue weighted by Crippen LogP contribution is -2.28. The minimum Gasteiger partial charge on any atom is -0.396 e. The summed E-state index contributed by atoms with van der Waals surface area (Å²) in [6, 6.07) is 8.16. The van der Waals surface area contributed by atoms with Gasteiger partial charge in [-0.25, -0.2) is 0 Å². The molecule has 0 spiro atoms. The van der Waals surface area contributed by atoms with Crippen LogP contribution in [0.15, 0.2) is 24.3 Å². The highest BCUT2D eigenvalue weighted by atomic mass is 16.3. The predicted octanol–water partition coefficient (Wildman–Crippen LogP) is 3.79. The van der Waals surface area contributed by atoms with Crippen molar-refractivity contribution in [2.75, 3.05) is 6.61 Å². The summed E-state index contributed by atoms with van der Waals surface area (Å²) in [7, 11) is 0. The molecule has 0 saturated carbocycles. The third kappa shape index (κ3) is 4.63. The number of aryl methyl sites for hydroxylation is 1. The molecule has 1 unspecified atom stereocenters. The normalized spacial score (nSPS) is 14.3. The summed E-state index contributed by atoms with van der Waals surface area (Å²) in [6.07, 6.45) is 6.50. The molecule has 1 aromatic carbocycles. The van der Waals surface area contributed by atoms with Crippen LogP contribution in [0.2, 0.25) is 0 Å². The number of aliphatic hydroxyl groups is 2. The van der Waals surface area contributed by atoms with Gasteiger partial charge in [-0.2, -0.15) is 0 Å². The van der Waals surface area contributed by atoms with E-state index in [2.05, 4.69) is 19.9 Å². The van der Waals surface area contributed by atoms with Gasteiger partial charge in [0, 0.05) is 13.0 Å². The fourth-order valence-electron chi connectivity index (χ4n) is 2.61. The smallest absolute Gasteiger partial charge is 0.0921 e. The molecule has 108 valence electrons. The molecule has 0 heterocycles. The third-order valence-electron chi connectivity index (χ3n) is 3.79. The second kappa shape index (κ2) is 8.34. The number of hydrogen-bond acceptors (Lipinski definition) is 2. The molecule has 0 aliphatic rings. The van der Waals surface area contributed by atoms with Gasteiger partial charge in [0.05, 0.1) is 5.60 Å². The average molecular weight is 264 g/mol.